The molecule has 0 aromatic heterocycles. The fourth-order valence-electron chi connectivity index (χ4n) is 3.01. The van der Waals surface area contributed by atoms with Gasteiger partial charge in [0.25, 0.3) is 0 Å². The molecule has 2 aliphatic heterocycles. The van der Waals surface area contributed by atoms with Crippen LogP contribution in [-0.2, 0) is 4.74 Å². The van der Waals surface area contributed by atoms with Crippen LogP contribution in [0.2, 0.25) is 0 Å². The molecule has 0 radical (unpaired) electrons. The van der Waals surface area contributed by atoms with Crippen molar-refractivity contribution >= 4 is 5.96 Å². The van der Waals surface area contributed by atoms with Crippen LogP contribution in [0.1, 0.15) is 33.6 Å². The summed E-state index contributed by atoms with van der Waals surface area (Å²) in [4.78, 5) is 6.93. The Labute approximate surface area is 129 Å². The number of rotatable bonds is 5. The summed E-state index contributed by atoms with van der Waals surface area (Å²) in [6.07, 6.45) is 2.40. The molecule has 0 saturated carbocycles. The normalized spacial score (nSPS) is 24.0. The highest BCUT2D eigenvalue weighted by molar-refractivity contribution is 5.80. The van der Waals surface area contributed by atoms with Crippen molar-refractivity contribution < 1.29 is 4.74 Å². The first-order chi connectivity index (χ1) is 10.0. The van der Waals surface area contributed by atoms with Gasteiger partial charge in [-0.3, -0.25) is 4.99 Å². The van der Waals surface area contributed by atoms with E-state index >= 15 is 0 Å². The predicted octanol–water partition coefficient (Wildman–Crippen LogP) is 1.31. The number of nitrogens with one attached hydrogen (secondary N) is 2. The van der Waals surface area contributed by atoms with Gasteiger partial charge in [0.05, 0.1) is 13.2 Å². The van der Waals surface area contributed by atoms with E-state index in [9.17, 15) is 0 Å². The van der Waals surface area contributed by atoms with Crippen LogP contribution in [0.5, 0.6) is 0 Å². The number of hydrogen-bond donors (Lipinski definition) is 2. The number of likely N-dealkylation sites (tertiary alicyclic amines) is 1. The minimum absolute atomic E-state index is 0.276. The molecule has 21 heavy (non-hydrogen) atoms. The van der Waals surface area contributed by atoms with Crippen molar-refractivity contribution in [3.05, 3.63) is 0 Å². The molecular formula is C16H32N4O. The first kappa shape index (κ1) is 16.6. The Kier molecular flexibility index (Phi) is 5.88. The van der Waals surface area contributed by atoms with Gasteiger partial charge in [-0.25, -0.2) is 0 Å². The first-order valence-corrected chi connectivity index (χ1v) is 8.28. The zero-order valence-corrected chi connectivity index (χ0v) is 14.1. The molecule has 122 valence electrons. The van der Waals surface area contributed by atoms with Crippen molar-refractivity contribution in [2.24, 2.45) is 16.3 Å². The van der Waals surface area contributed by atoms with E-state index in [2.05, 4.69) is 41.3 Å². The number of guanidine groups is 1. The topological polar surface area (TPSA) is 48.9 Å². The Bertz CT molecular complexity index is 344. The molecule has 0 unspecified atom stereocenters. The summed E-state index contributed by atoms with van der Waals surface area (Å²) in [5.41, 5.74) is 0.276. The molecule has 2 aliphatic rings. The maximum Gasteiger partial charge on any atom is 0.191 e. The molecule has 2 fully saturated rings. The zero-order valence-electron chi connectivity index (χ0n) is 14.1. The second kappa shape index (κ2) is 7.45. The van der Waals surface area contributed by atoms with Gasteiger partial charge in [-0.15, -0.1) is 0 Å². The lowest BCUT2D eigenvalue weighted by atomic mass is 9.89. The SMILES string of the molecule is CN=C(NCC1(C)COC1)NC1CCN(CC(C)C)CC1. The highest BCUT2D eigenvalue weighted by Gasteiger charge is 2.33. The maximum atomic E-state index is 5.29. The Balaban J connectivity index is 1.68. The standard InChI is InChI=1S/C16H32N4O/c1-13(2)9-20-7-5-14(6-8-20)19-15(17-4)18-10-16(3)11-21-12-16/h13-14H,5-12H2,1-4H3,(H2,17,18,19). The second-order valence-electron chi connectivity index (χ2n) is 7.34. The van der Waals surface area contributed by atoms with Crippen LogP contribution in [0.15, 0.2) is 4.99 Å². The van der Waals surface area contributed by atoms with Gasteiger partial charge in [-0.05, 0) is 18.8 Å². The Morgan fingerprint density at radius 1 is 1.33 bits per heavy atom. The minimum Gasteiger partial charge on any atom is -0.380 e. The van der Waals surface area contributed by atoms with Crippen molar-refractivity contribution in [2.75, 3.05) is 46.4 Å². The number of hydrogen-bond acceptors (Lipinski definition) is 3. The molecule has 2 saturated heterocycles. The van der Waals surface area contributed by atoms with Crippen LogP contribution in [0, 0.1) is 11.3 Å². The van der Waals surface area contributed by atoms with Gasteiger partial charge >= 0.3 is 0 Å². The summed E-state index contributed by atoms with van der Waals surface area (Å²) < 4.78 is 5.29. The second-order valence-corrected chi connectivity index (χ2v) is 7.34. The highest BCUT2D eigenvalue weighted by atomic mass is 16.5. The van der Waals surface area contributed by atoms with E-state index in [0.717, 1.165) is 31.6 Å². The molecule has 0 aliphatic carbocycles. The van der Waals surface area contributed by atoms with Crippen LogP contribution >= 0.6 is 0 Å². The number of piperidine rings is 1. The summed E-state index contributed by atoms with van der Waals surface area (Å²) in [6, 6.07) is 0.546. The third-order valence-electron chi connectivity index (χ3n) is 4.36. The van der Waals surface area contributed by atoms with Gasteiger partial charge in [0.2, 0.25) is 0 Å². The summed E-state index contributed by atoms with van der Waals surface area (Å²) in [6.45, 7) is 13.1. The zero-order chi connectivity index (χ0) is 15.3. The highest BCUT2D eigenvalue weighted by Crippen LogP contribution is 2.25. The third kappa shape index (κ3) is 5.15. The van der Waals surface area contributed by atoms with Gasteiger partial charge in [0.1, 0.15) is 0 Å². The molecule has 2 N–H and O–H groups in total. The van der Waals surface area contributed by atoms with Crippen molar-refractivity contribution in [3.63, 3.8) is 0 Å². The molecular weight excluding hydrogens is 264 g/mol. The molecule has 0 aromatic carbocycles. The van der Waals surface area contributed by atoms with Crippen molar-refractivity contribution in [2.45, 2.75) is 39.7 Å². The molecule has 0 amide bonds. The molecule has 2 heterocycles. The fraction of sp³-hybridized carbons (Fsp3) is 0.938. The fourth-order valence-corrected chi connectivity index (χ4v) is 3.01. The van der Waals surface area contributed by atoms with Gasteiger partial charge in [0, 0.05) is 44.7 Å². The van der Waals surface area contributed by atoms with E-state index in [0.29, 0.717) is 6.04 Å². The van der Waals surface area contributed by atoms with Crippen LogP contribution in [0.25, 0.3) is 0 Å². The number of nitrogens with zero attached hydrogens (tertiary/aromatic N) is 2. The molecule has 5 nitrogen and oxygen atoms in total. The molecule has 0 aromatic rings. The van der Waals surface area contributed by atoms with Crippen molar-refractivity contribution in [3.8, 4) is 0 Å². The largest absolute Gasteiger partial charge is 0.380 e. The monoisotopic (exact) mass is 296 g/mol. The van der Waals surface area contributed by atoms with E-state index in [1.165, 1.54) is 32.5 Å². The lowest BCUT2D eigenvalue weighted by Crippen LogP contribution is -2.53. The Hall–Kier alpha value is -0.810. The first-order valence-electron chi connectivity index (χ1n) is 8.28. The molecule has 0 spiro atoms. The minimum atomic E-state index is 0.276. The van der Waals surface area contributed by atoms with Crippen LogP contribution in [0.3, 0.4) is 0 Å². The predicted molar refractivity (Wildman–Crippen MR) is 87.7 cm³/mol. The number of ether oxygens (including phenoxy) is 1. The maximum absolute atomic E-state index is 5.29. The van der Waals surface area contributed by atoms with Crippen LogP contribution in [-0.4, -0.2) is 63.3 Å². The van der Waals surface area contributed by atoms with Gasteiger partial charge < -0.3 is 20.3 Å². The smallest absolute Gasteiger partial charge is 0.191 e. The lowest BCUT2D eigenvalue weighted by Gasteiger charge is -2.39. The van der Waals surface area contributed by atoms with E-state index in [-0.39, 0.29) is 5.41 Å². The van der Waals surface area contributed by atoms with Crippen molar-refractivity contribution in [1.82, 2.24) is 15.5 Å². The number of aliphatic imine (C=N–C) groups is 1. The van der Waals surface area contributed by atoms with Crippen molar-refractivity contribution in [1.29, 1.82) is 0 Å². The average Bonchev–Trinajstić information content (AvgIpc) is 2.42. The summed E-state index contributed by atoms with van der Waals surface area (Å²) >= 11 is 0. The average molecular weight is 296 g/mol. The molecule has 2 rings (SSSR count). The third-order valence-corrected chi connectivity index (χ3v) is 4.36. The van der Waals surface area contributed by atoms with E-state index < -0.39 is 0 Å². The van der Waals surface area contributed by atoms with Crippen LogP contribution < -0.4 is 10.6 Å². The van der Waals surface area contributed by atoms with Gasteiger partial charge in [-0.1, -0.05) is 20.8 Å². The summed E-state index contributed by atoms with van der Waals surface area (Å²) in [5, 5.41) is 7.02. The summed E-state index contributed by atoms with van der Waals surface area (Å²) in [5.74, 6) is 1.69. The van der Waals surface area contributed by atoms with E-state index in [1.54, 1.807) is 0 Å². The quantitative estimate of drug-likeness (QED) is 0.593. The van der Waals surface area contributed by atoms with E-state index in [4.69, 9.17) is 4.74 Å². The van der Waals surface area contributed by atoms with Gasteiger partial charge in [-0.2, -0.15) is 0 Å². The molecule has 0 atom stereocenters. The van der Waals surface area contributed by atoms with Crippen LogP contribution in [0.4, 0.5) is 0 Å². The lowest BCUT2D eigenvalue weighted by molar-refractivity contribution is -0.0971. The molecule has 5 heteroatoms. The summed E-state index contributed by atoms with van der Waals surface area (Å²) in [7, 11) is 1.85. The van der Waals surface area contributed by atoms with Gasteiger partial charge in [0.15, 0.2) is 5.96 Å². The Morgan fingerprint density at radius 3 is 2.48 bits per heavy atom. The Morgan fingerprint density at radius 2 is 2.00 bits per heavy atom. The molecule has 0 bridgehead atoms. The van der Waals surface area contributed by atoms with E-state index in [1.807, 2.05) is 7.05 Å².